The molecule has 13 nitrogen and oxygen atoms in total. The lowest BCUT2D eigenvalue weighted by Crippen LogP contribution is -2.72. The topological polar surface area (TPSA) is 194 Å². The van der Waals surface area contributed by atoms with Gasteiger partial charge in [-0.2, -0.15) is 0 Å². The summed E-state index contributed by atoms with van der Waals surface area (Å²) in [5.74, 6) is -3.48. The van der Waals surface area contributed by atoms with Gasteiger partial charge in [0.2, 0.25) is 0 Å². The molecular weight excluding hydrogens is 478 g/mol. The number of oxime groups is 1. The molecule has 2 amide bonds. The molecule has 1 fully saturated rings. The molecule has 3 rings (SSSR count). The summed E-state index contributed by atoms with van der Waals surface area (Å²) in [5, 5.41) is 24.6. The molecule has 3 heterocycles. The fourth-order valence-corrected chi connectivity index (χ4v) is 5.72. The first kappa shape index (κ1) is 24.5. The van der Waals surface area contributed by atoms with Crippen molar-refractivity contribution in [3.63, 3.8) is 0 Å². The van der Waals surface area contributed by atoms with Crippen LogP contribution in [0.25, 0.3) is 0 Å². The van der Waals surface area contributed by atoms with Crippen molar-refractivity contribution in [1.29, 1.82) is 0 Å². The van der Waals surface area contributed by atoms with Crippen LogP contribution >= 0.6 is 23.1 Å². The highest BCUT2D eigenvalue weighted by atomic mass is 32.2. The molecule has 178 valence electrons. The first-order chi connectivity index (χ1) is 15.6. The van der Waals surface area contributed by atoms with E-state index in [1.807, 2.05) is 0 Å². The summed E-state index contributed by atoms with van der Waals surface area (Å²) in [6.45, 7) is 2.72. The molecule has 0 radical (unpaired) electrons. The van der Waals surface area contributed by atoms with Crippen LogP contribution in [0.1, 0.15) is 19.5 Å². The molecule has 1 saturated heterocycles. The first-order valence-electron chi connectivity index (χ1n) is 9.46. The van der Waals surface area contributed by atoms with Gasteiger partial charge in [0, 0.05) is 25.0 Å². The molecular formula is C18H21N5O8S2. The Labute approximate surface area is 195 Å². The van der Waals surface area contributed by atoms with E-state index in [1.165, 1.54) is 19.4 Å². The van der Waals surface area contributed by atoms with Gasteiger partial charge in [-0.3, -0.25) is 19.3 Å². The minimum atomic E-state index is -1.36. The SMILES string of the molecule is COCC1=C(C(=O)O)N2C(=O)C(NC(=O)C(=NO)c3csc(N)n3)[C@H]2SC1C(C)OC(C)=O. The zero-order valence-electron chi connectivity index (χ0n) is 17.7. The number of carbonyl (C=O) groups is 4. The average Bonchev–Trinajstić information content (AvgIpc) is 3.17. The molecule has 0 bridgehead atoms. The number of hydrogen-bond acceptors (Lipinski definition) is 12. The summed E-state index contributed by atoms with van der Waals surface area (Å²) in [4.78, 5) is 54.0. The van der Waals surface area contributed by atoms with Gasteiger partial charge in [-0.05, 0) is 6.92 Å². The number of carboxylic acid groups (broad SMARTS) is 1. The molecule has 15 heteroatoms. The first-order valence-corrected chi connectivity index (χ1v) is 11.3. The standard InChI is InChI=1S/C18H21N5O8S2/c1-6(31-7(2)24)13-8(4-30-3)12(17(27)28)23-15(26)11(16(23)33-13)21-14(25)10(22-29)9-5-32-18(19)20-9/h5-6,11,13,16,29H,4H2,1-3H3,(H2,19,20)(H,21,25)(H,27,28)/t6?,11?,13?,16-/m1/s1. The molecule has 33 heavy (non-hydrogen) atoms. The van der Waals surface area contributed by atoms with Crippen LogP contribution in [0.4, 0.5) is 5.13 Å². The monoisotopic (exact) mass is 499 g/mol. The fraction of sp³-hybridized carbons (Fsp3) is 0.444. The molecule has 4 atom stereocenters. The largest absolute Gasteiger partial charge is 0.477 e. The molecule has 1 aromatic heterocycles. The number of nitrogens with one attached hydrogen (secondary N) is 1. The number of thiazole rings is 1. The number of esters is 1. The smallest absolute Gasteiger partial charge is 0.352 e. The number of carbonyl (C=O) groups excluding carboxylic acids is 3. The Morgan fingerprint density at radius 3 is 2.64 bits per heavy atom. The van der Waals surface area contributed by atoms with Crippen molar-refractivity contribution in [1.82, 2.24) is 15.2 Å². The summed E-state index contributed by atoms with van der Waals surface area (Å²) in [6.07, 6.45) is -0.742. The van der Waals surface area contributed by atoms with E-state index in [-0.39, 0.29) is 28.7 Å². The van der Waals surface area contributed by atoms with Gasteiger partial charge < -0.3 is 30.8 Å². The van der Waals surface area contributed by atoms with Crippen LogP contribution in [0.5, 0.6) is 0 Å². The second-order valence-corrected chi connectivity index (χ2v) is 9.21. The van der Waals surface area contributed by atoms with E-state index in [0.717, 1.165) is 28.0 Å². The van der Waals surface area contributed by atoms with Gasteiger partial charge in [0.1, 0.15) is 28.9 Å². The third kappa shape index (κ3) is 4.65. The average molecular weight is 500 g/mol. The van der Waals surface area contributed by atoms with Crippen molar-refractivity contribution in [3.8, 4) is 0 Å². The van der Waals surface area contributed by atoms with Crippen LogP contribution in [0.3, 0.4) is 0 Å². The van der Waals surface area contributed by atoms with Gasteiger partial charge in [-0.1, -0.05) is 5.16 Å². The normalized spacial score (nSPS) is 23.5. The second-order valence-electron chi connectivity index (χ2n) is 7.05. The zero-order valence-corrected chi connectivity index (χ0v) is 19.3. The van der Waals surface area contributed by atoms with E-state index in [1.54, 1.807) is 6.92 Å². The van der Waals surface area contributed by atoms with E-state index in [9.17, 15) is 29.5 Å². The number of anilines is 1. The minimum absolute atomic E-state index is 0.0206. The van der Waals surface area contributed by atoms with E-state index in [4.69, 9.17) is 15.2 Å². The summed E-state index contributed by atoms with van der Waals surface area (Å²) >= 11 is 2.18. The Balaban J connectivity index is 1.90. The number of thioether (sulfide) groups is 1. The molecule has 0 aliphatic carbocycles. The van der Waals surface area contributed by atoms with Crippen LogP contribution in [0.2, 0.25) is 0 Å². The van der Waals surface area contributed by atoms with E-state index >= 15 is 0 Å². The fourth-order valence-electron chi connectivity index (χ4n) is 3.58. The molecule has 0 spiro atoms. The van der Waals surface area contributed by atoms with Gasteiger partial charge in [0.05, 0.1) is 11.9 Å². The number of amides is 2. The molecule has 1 aromatic rings. The lowest BCUT2D eigenvalue weighted by atomic mass is 9.98. The molecule has 2 aliphatic heterocycles. The number of nitrogens with zero attached hydrogens (tertiary/aromatic N) is 3. The Bertz CT molecular complexity index is 1050. The molecule has 0 saturated carbocycles. The van der Waals surface area contributed by atoms with Crippen molar-refractivity contribution in [2.45, 2.75) is 36.6 Å². The van der Waals surface area contributed by atoms with Gasteiger partial charge in [-0.25, -0.2) is 9.78 Å². The summed E-state index contributed by atoms with van der Waals surface area (Å²) in [7, 11) is 1.37. The Morgan fingerprint density at radius 2 is 2.12 bits per heavy atom. The van der Waals surface area contributed by atoms with Crippen LogP contribution < -0.4 is 11.1 Å². The number of nitrogen functional groups attached to an aromatic ring is 1. The quantitative estimate of drug-likeness (QED) is 0.120. The van der Waals surface area contributed by atoms with Gasteiger partial charge in [0.15, 0.2) is 10.8 Å². The molecule has 2 aliphatic rings. The number of rotatable bonds is 8. The zero-order chi connectivity index (χ0) is 24.4. The predicted molar refractivity (Wildman–Crippen MR) is 117 cm³/mol. The number of nitrogens with two attached hydrogens (primary N) is 1. The number of ether oxygens (including phenoxy) is 2. The van der Waals surface area contributed by atoms with Crippen molar-refractivity contribution in [2.24, 2.45) is 5.16 Å². The highest BCUT2D eigenvalue weighted by Crippen LogP contribution is 2.45. The summed E-state index contributed by atoms with van der Waals surface area (Å²) < 4.78 is 10.4. The molecule has 3 unspecified atom stereocenters. The van der Waals surface area contributed by atoms with Gasteiger partial charge >= 0.3 is 11.9 Å². The third-order valence-corrected chi connectivity index (χ3v) is 7.26. The van der Waals surface area contributed by atoms with Crippen LogP contribution in [-0.4, -0.2) is 86.1 Å². The van der Waals surface area contributed by atoms with Crippen molar-refractivity contribution >= 4 is 57.7 Å². The van der Waals surface area contributed by atoms with Crippen LogP contribution in [-0.2, 0) is 28.7 Å². The maximum atomic E-state index is 12.8. The maximum absolute atomic E-state index is 12.8. The maximum Gasteiger partial charge on any atom is 0.352 e. The van der Waals surface area contributed by atoms with Crippen molar-refractivity contribution in [3.05, 3.63) is 22.3 Å². The Hall–Kier alpha value is -3.17. The lowest BCUT2D eigenvalue weighted by molar-refractivity contribution is -0.150. The minimum Gasteiger partial charge on any atom is -0.477 e. The van der Waals surface area contributed by atoms with E-state index in [2.05, 4.69) is 15.5 Å². The van der Waals surface area contributed by atoms with Crippen LogP contribution in [0, 0.1) is 0 Å². The van der Waals surface area contributed by atoms with Crippen LogP contribution in [0.15, 0.2) is 21.8 Å². The Morgan fingerprint density at radius 1 is 1.42 bits per heavy atom. The van der Waals surface area contributed by atoms with Crippen molar-refractivity contribution in [2.75, 3.05) is 19.5 Å². The summed E-state index contributed by atoms with van der Waals surface area (Å²) in [5.41, 5.74) is 5.10. The van der Waals surface area contributed by atoms with Gasteiger partial charge in [-0.15, -0.1) is 23.1 Å². The Kier molecular flexibility index (Phi) is 7.24. The van der Waals surface area contributed by atoms with E-state index < -0.39 is 52.2 Å². The highest BCUT2D eigenvalue weighted by molar-refractivity contribution is 8.01. The number of aliphatic carboxylic acids is 1. The number of aromatic nitrogens is 1. The summed E-state index contributed by atoms with van der Waals surface area (Å²) in [6, 6.07) is -1.12. The highest BCUT2D eigenvalue weighted by Gasteiger charge is 2.57. The van der Waals surface area contributed by atoms with E-state index in [0.29, 0.717) is 0 Å². The molecule has 5 N–H and O–H groups in total. The van der Waals surface area contributed by atoms with Crippen molar-refractivity contribution < 1.29 is 39.0 Å². The third-order valence-electron chi connectivity index (χ3n) is 4.86. The number of fused-ring (bicyclic) bond motifs is 1. The number of hydrogen-bond donors (Lipinski definition) is 4. The predicted octanol–water partition coefficient (Wildman–Crippen LogP) is -0.391. The number of carboxylic acids is 1. The number of methoxy groups -OCH3 is 1. The molecule has 0 aromatic carbocycles. The number of β-lactam (4-membered cyclic amide) rings is 1. The lowest BCUT2D eigenvalue weighted by Gasteiger charge is -2.52. The second kappa shape index (κ2) is 9.76. The van der Waals surface area contributed by atoms with Gasteiger partial charge in [0.25, 0.3) is 11.8 Å².